The zero-order valence-corrected chi connectivity index (χ0v) is 11.1. The molecule has 0 saturated carbocycles. The number of benzene rings is 2. The molecule has 0 bridgehead atoms. The Morgan fingerprint density at radius 1 is 1.29 bits per heavy atom. The van der Waals surface area contributed by atoms with Gasteiger partial charge in [-0.2, -0.15) is 5.26 Å². The Bertz CT molecular complexity index is 740. The molecule has 0 aromatic heterocycles. The Hall–Kier alpha value is -3.14. The first-order valence-electron chi connectivity index (χ1n) is 5.98. The summed E-state index contributed by atoms with van der Waals surface area (Å²) in [6.07, 6.45) is 0. The van der Waals surface area contributed by atoms with Gasteiger partial charge in [0.1, 0.15) is 17.4 Å². The predicted molar refractivity (Wildman–Crippen MR) is 77.0 cm³/mol. The number of nitro benzene ring substituents is 1. The number of nitrogens with zero attached hydrogens (tertiary/aromatic N) is 2. The number of anilines is 3. The fourth-order valence-electron chi connectivity index (χ4n) is 1.83. The fourth-order valence-corrected chi connectivity index (χ4v) is 1.83. The van der Waals surface area contributed by atoms with E-state index in [-0.39, 0.29) is 16.9 Å². The van der Waals surface area contributed by atoms with Crippen molar-refractivity contribution in [1.29, 1.82) is 5.26 Å². The summed E-state index contributed by atoms with van der Waals surface area (Å²) in [4.78, 5) is 10.4. The van der Waals surface area contributed by atoms with Gasteiger partial charge < -0.3 is 10.6 Å². The molecule has 0 atom stereocenters. The highest BCUT2D eigenvalue weighted by atomic mass is 19.1. The third-order valence-electron chi connectivity index (χ3n) is 2.82. The van der Waals surface area contributed by atoms with Gasteiger partial charge in [-0.25, -0.2) is 4.39 Å². The lowest BCUT2D eigenvalue weighted by Gasteiger charge is -2.10. The lowest BCUT2D eigenvalue weighted by Crippen LogP contribution is -1.99. The molecular weight excluding hydrogens is 275 g/mol. The first-order valence-corrected chi connectivity index (χ1v) is 5.98. The molecule has 0 fully saturated rings. The molecule has 106 valence electrons. The molecule has 0 spiro atoms. The molecule has 7 heteroatoms. The predicted octanol–water partition coefficient (Wildman–Crippen LogP) is 3.39. The van der Waals surface area contributed by atoms with Crippen LogP contribution in [0.4, 0.5) is 27.1 Å². The molecule has 0 heterocycles. The fraction of sp³-hybridized carbons (Fsp3) is 0.0714. The van der Waals surface area contributed by atoms with E-state index in [2.05, 4.69) is 10.6 Å². The van der Waals surface area contributed by atoms with Crippen LogP contribution in [-0.4, -0.2) is 12.0 Å². The highest BCUT2D eigenvalue weighted by molar-refractivity contribution is 5.71. The smallest absolute Gasteiger partial charge is 0.273 e. The second kappa shape index (κ2) is 5.88. The van der Waals surface area contributed by atoms with E-state index in [1.165, 1.54) is 30.3 Å². The van der Waals surface area contributed by atoms with Gasteiger partial charge in [0, 0.05) is 30.6 Å². The lowest BCUT2D eigenvalue weighted by atomic mass is 10.1. The van der Waals surface area contributed by atoms with Crippen LogP contribution in [0.15, 0.2) is 36.4 Å². The van der Waals surface area contributed by atoms with Crippen LogP contribution in [0.25, 0.3) is 0 Å². The first-order chi connectivity index (χ1) is 10.0. The molecule has 2 rings (SSSR count). The average molecular weight is 286 g/mol. The van der Waals surface area contributed by atoms with Gasteiger partial charge in [0.15, 0.2) is 0 Å². The van der Waals surface area contributed by atoms with Crippen LogP contribution >= 0.6 is 0 Å². The van der Waals surface area contributed by atoms with Crippen molar-refractivity contribution in [2.45, 2.75) is 0 Å². The van der Waals surface area contributed by atoms with Gasteiger partial charge in [-0.05, 0) is 18.2 Å². The molecule has 2 aromatic carbocycles. The quantitative estimate of drug-likeness (QED) is 0.664. The summed E-state index contributed by atoms with van der Waals surface area (Å²) in [7, 11) is 1.63. The number of hydrogen-bond acceptors (Lipinski definition) is 5. The molecule has 0 unspecified atom stereocenters. The van der Waals surface area contributed by atoms with Crippen molar-refractivity contribution < 1.29 is 9.31 Å². The Labute approximate surface area is 120 Å². The number of rotatable bonds is 4. The first kappa shape index (κ1) is 14.3. The topological polar surface area (TPSA) is 91.0 Å². The van der Waals surface area contributed by atoms with Gasteiger partial charge >= 0.3 is 0 Å². The summed E-state index contributed by atoms with van der Waals surface area (Å²) >= 11 is 0. The lowest BCUT2D eigenvalue weighted by molar-refractivity contribution is -0.384. The normalized spacial score (nSPS) is 9.76. The van der Waals surface area contributed by atoms with E-state index < -0.39 is 10.7 Å². The van der Waals surface area contributed by atoms with Crippen molar-refractivity contribution in [3.05, 3.63) is 57.9 Å². The number of nitriles is 1. The third kappa shape index (κ3) is 3.06. The molecule has 0 aliphatic heterocycles. The van der Waals surface area contributed by atoms with Crippen molar-refractivity contribution in [1.82, 2.24) is 0 Å². The van der Waals surface area contributed by atoms with Crippen LogP contribution in [0.5, 0.6) is 0 Å². The Morgan fingerprint density at radius 2 is 2.00 bits per heavy atom. The molecule has 2 N–H and O–H groups in total. The maximum absolute atomic E-state index is 13.5. The number of nitro groups is 1. The molecule has 0 aliphatic carbocycles. The molecular formula is C14H11FN4O2. The molecule has 0 saturated heterocycles. The van der Waals surface area contributed by atoms with E-state index in [4.69, 9.17) is 5.26 Å². The average Bonchev–Trinajstić information content (AvgIpc) is 2.47. The van der Waals surface area contributed by atoms with Crippen LogP contribution in [0.1, 0.15) is 5.56 Å². The minimum Gasteiger partial charge on any atom is -0.388 e. The SMILES string of the molecule is CNc1cc(Nc2cccc(F)c2C#N)cc([N+](=O)[O-])c1. The van der Waals surface area contributed by atoms with E-state index in [0.29, 0.717) is 11.4 Å². The largest absolute Gasteiger partial charge is 0.388 e. The van der Waals surface area contributed by atoms with Crippen molar-refractivity contribution in [3.8, 4) is 6.07 Å². The van der Waals surface area contributed by atoms with Crippen LogP contribution in [0.2, 0.25) is 0 Å². The summed E-state index contributed by atoms with van der Waals surface area (Å²) in [5.41, 5.74) is 0.909. The van der Waals surface area contributed by atoms with Crippen LogP contribution < -0.4 is 10.6 Å². The van der Waals surface area contributed by atoms with Crippen LogP contribution in [-0.2, 0) is 0 Å². The maximum Gasteiger partial charge on any atom is 0.273 e. The molecule has 0 aliphatic rings. The van der Waals surface area contributed by atoms with E-state index in [9.17, 15) is 14.5 Å². The zero-order valence-electron chi connectivity index (χ0n) is 11.1. The second-order valence-corrected chi connectivity index (χ2v) is 4.17. The Morgan fingerprint density at radius 3 is 2.62 bits per heavy atom. The minimum absolute atomic E-state index is 0.112. The van der Waals surface area contributed by atoms with Gasteiger partial charge in [0.05, 0.1) is 10.6 Å². The van der Waals surface area contributed by atoms with E-state index in [1.807, 2.05) is 0 Å². The van der Waals surface area contributed by atoms with Gasteiger partial charge in [0.25, 0.3) is 5.69 Å². The molecule has 2 aromatic rings. The highest BCUT2D eigenvalue weighted by Gasteiger charge is 2.12. The van der Waals surface area contributed by atoms with Gasteiger partial charge in [-0.3, -0.25) is 10.1 Å². The van der Waals surface area contributed by atoms with Crippen molar-refractivity contribution >= 4 is 22.7 Å². The summed E-state index contributed by atoms with van der Waals surface area (Å²) in [5.74, 6) is -0.651. The van der Waals surface area contributed by atoms with Crippen molar-refractivity contribution in [2.24, 2.45) is 0 Å². The highest BCUT2D eigenvalue weighted by Crippen LogP contribution is 2.28. The standard InChI is InChI=1S/C14H11FN4O2/c1-17-9-5-10(7-11(6-9)19(20)21)18-14-4-2-3-13(15)12(14)8-16/h2-7,17-18H,1H3. The summed E-state index contributed by atoms with van der Waals surface area (Å²) < 4.78 is 13.5. The molecule has 0 radical (unpaired) electrons. The third-order valence-corrected chi connectivity index (χ3v) is 2.82. The molecule has 21 heavy (non-hydrogen) atoms. The van der Waals surface area contributed by atoms with Crippen molar-refractivity contribution in [3.63, 3.8) is 0 Å². The summed E-state index contributed by atoms with van der Waals surface area (Å²) in [6.45, 7) is 0. The number of nitrogens with one attached hydrogen (secondary N) is 2. The Kier molecular flexibility index (Phi) is 4.00. The van der Waals surface area contributed by atoms with E-state index >= 15 is 0 Å². The summed E-state index contributed by atoms with van der Waals surface area (Å²) in [5, 5.41) is 25.5. The van der Waals surface area contributed by atoms with Gasteiger partial charge in [-0.1, -0.05) is 6.07 Å². The Balaban J connectivity index is 2.45. The summed E-state index contributed by atoms with van der Waals surface area (Å²) in [6, 6.07) is 10.2. The number of non-ortho nitro benzene ring substituents is 1. The van der Waals surface area contributed by atoms with Gasteiger partial charge in [0.2, 0.25) is 0 Å². The van der Waals surface area contributed by atoms with Crippen LogP contribution in [0, 0.1) is 27.3 Å². The van der Waals surface area contributed by atoms with Gasteiger partial charge in [-0.15, -0.1) is 0 Å². The number of hydrogen-bond donors (Lipinski definition) is 2. The van der Waals surface area contributed by atoms with Crippen LogP contribution in [0.3, 0.4) is 0 Å². The minimum atomic E-state index is -0.651. The van der Waals surface area contributed by atoms with E-state index in [1.54, 1.807) is 19.2 Å². The zero-order chi connectivity index (χ0) is 15.4. The van der Waals surface area contributed by atoms with E-state index in [0.717, 1.165) is 0 Å². The monoisotopic (exact) mass is 286 g/mol. The second-order valence-electron chi connectivity index (χ2n) is 4.17. The number of halogens is 1. The molecule has 6 nitrogen and oxygen atoms in total. The van der Waals surface area contributed by atoms with Crippen molar-refractivity contribution in [2.75, 3.05) is 17.7 Å². The molecule has 0 amide bonds. The maximum atomic E-state index is 13.5.